The van der Waals surface area contributed by atoms with Gasteiger partial charge in [0.15, 0.2) is 5.16 Å². The average Bonchev–Trinajstić information content (AvgIpc) is 3.08. The zero-order valence-corrected chi connectivity index (χ0v) is 17.2. The van der Waals surface area contributed by atoms with Crippen molar-refractivity contribution >= 4 is 23.4 Å². The van der Waals surface area contributed by atoms with Gasteiger partial charge < -0.3 is 10.1 Å². The molecule has 0 saturated carbocycles. The summed E-state index contributed by atoms with van der Waals surface area (Å²) in [6.07, 6.45) is 0.705. The quantitative estimate of drug-likeness (QED) is 0.526. The van der Waals surface area contributed by atoms with Crippen LogP contribution in [0.3, 0.4) is 0 Å². The molecular formula is C21H24N4O3S. The molecule has 1 unspecified atom stereocenters. The van der Waals surface area contributed by atoms with Crippen molar-refractivity contribution in [3.05, 3.63) is 70.6 Å². The fourth-order valence-corrected chi connectivity index (χ4v) is 3.66. The van der Waals surface area contributed by atoms with Gasteiger partial charge >= 0.3 is 5.69 Å². The molecule has 7 nitrogen and oxygen atoms in total. The van der Waals surface area contributed by atoms with Gasteiger partial charge in [-0.05, 0) is 38.0 Å². The van der Waals surface area contributed by atoms with Crippen LogP contribution in [-0.2, 0) is 17.8 Å². The second kappa shape index (κ2) is 9.97. The van der Waals surface area contributed by atoms with Crippen molar-refractivity contribution in [2.45, 2.75) is 37.2 Å². The number of aromatic nitrogens is 3. The molecule has 0 radical (unpaired) electrons. The van der Waals surface area contributed by atoms with Crippen molar-refractivity contribution in [1.29, 1.82) is 0 Å². The number of hydrogen-bond acceptors (Lipinski definition) is 5. The lowest BCUT2D eigenvalue weighted by Gasteiger charge is -2.14. The van der Waals surface area contributed by atoms with Crippen molar-refractivity contribution in [2.75, 3.05) is 11.9 Å². The summed E-state index contributed by atoms with van der Waals surface area (Å²) in [5.74, 6) is 0.437. The first-order valence-corrected chi connectivity index (χ1v) is 10.3. The van der Waals surface area contributed by atoms with E-state index in [0.29, 0.717) is 36.2 Å². The average molecular weight is 413 g/mol. The number of nitrogens with zero attached hydrogens (tertiary/aromatic N) is 2. The van der Waals surface area contributed by atoms with Gasteiger partial charge in [-0.15, -0.1) is 5.10 Å². The van der Waals surface area contributed by atoms with Crippen LogP contribution in [0.5, 0.6) is 5.75 Å². The number of aryl methyl sites for hydroxylation is 1. The summed E-state index contributed by atoms with van der Waals surface area (Å²) in [4.78, 5) is 24.8. The minimum absolute atomic E-state index is 0.188. The summed E-state index contributed by atoms with van der Waals surface area (Å²) in [7, 11) is 0. The Hall–Kier alpha value is -3.00. The largest absolute Gasteiger partial charge is 0.492 e. The number of carbonyl (C=O) groups is 1. The molecule has 0 aliphatic heterocycles. The Labute approximate surface area is 173 Å². The Balaban J connectivity index is 1.65. The van der Waals surface area contributed by atoms with E-state index in [1.165, 1.54) is 11.8 Å². The highest BCUT2D eigenvalue weighted by molar-refractivity contribution is 8.00. The number of amides is 1. The summed E-state index contributed by atoms with van der Waals surface area (Å²) < 4.78 is 7.11. The Bertz CT molecular complexity index is 1000. The van der Waals surface area contributed by atoms with E-state index in [0.717, 1.165) is 5.56 Å². The first-order valence-electron chi connectivity index (χ1n) is 9.47. The number of benzene rings is 2. The van der Waals surface area contributed by atoms with E-state index in [9.17, 15) is 9.59 Å². The minimum atomic E-state index is -0.449. The van der Waals surface area contributed by atoms with E-state index in [2.05, 4.69) is 15.5 Å². The topological polar surface area (TPSA) is 89.0 Å². The number of carbonyl (C=O) groups excluding carboxylic acids is 1. The van der Waals surface area contributed by atoms with Crippen molar-refractivity contribution < 1.29 is 9.53 Å². The molecular weight excluding hydrogens is 388 g/mol. The van der Waals surface area contributed by atoms with Gasteiger partial charge in [-0.1, -0.05) is 54.2 Å². The SMILES string of the molecule is CCOc1ccccc1NC(=O)C(C)Sc1n[nH]c(=O)n1CCc1ccccc1. The smallest absolute Gasteiger partial charge is 0.343 e. The molecule has 1 heterocycles. The fraction of sp³-hybridized carbons (Fsp3) is 0.286. The van der Waals surface area contributed by atoms with Crippen molar-refractivity contribution in [3.63, 3.8) is 0 Å². The number of anilines is 1. The standard InChI is InChI=1S/C21H24N4O3S/c1-3-28-18-12-8-7-11-17(18)22-19(26)15(2)29-21-24-23-20(27)25(21)14-13-16-9-5-4-6-10-16/h4-12,15H,3,13-14H2,1-2H3,(H,22,26)(H,23,27). The summed E-state index contributed by atoms with van der Waals surface area (Å²) in [6.45, 7) is 4.68. The van der Waals surface area contributed by atoms with Crippen molar-refractivity contribution in [3.8, 4) is 5.75 Å². The highest BCUT2D eigenvalue weighted by Crippen LogP contribution is 2.26. The molecule has 0 spiro atoms. The predicted octanol–water partition coefficient (Wildman–Crippen LogP) is 3.33. The highest BCUT2D eigenvalue weighted by atomic mass is 32.2. The minimum Gasteiger partial charge on any atom is -0.492 e. The Morgan fingerprint density at radius 3 is 2.69 bits per heavy atom. The molecule has 0 aliphatic rings. The van der Waals surface area contributed by atoms with Crippen LogP contribution in [0.4, 0.5) is 5.69 Å². The first-order chi connectivity index (χ1) is 14.1. The number of rotatable bonds is 9. The number of nitrogens with one attached hydrogen (secondary N) is 2. The van der Waals surface area contributed by atoms with Crippen LogP contribution in [0.15, 0.2) is 64.5 Å². The van der Waals surface area contributed by atoms with Gasteiger partial charge in [-0.2, -0.15) is 0 Å². The van der Waals surface area contributed by atoms with Crippen LogP contribution in [-0.4, -0.2) is 32.5 Å². The lowest BCUT2D eigenvalue weighted by Crippen LogP contribution is -2.24. The third-order valence-electron chi connectivity index (χ3n) is 4.29. The molecule has 29 heavy (non-hydrogen) atoms. The van der Waals surface area contributed by atoms with Crippen LogP contribution in [0.25, 0.3) is 0 Å². The number of hydrogen-bond donors (Lipinski definition) is 2. The summed E-state index contributed by atoms with van der Waals surface area (Å²) in [5.41, 5.74) is 1.47. The van der Waals surface area contributed by atoms with Gasteiger partial charge in [0.25, 0.3) is 0 Å². The predicted molar refractivity (Wildman–Crippen MR) is 115 cm³/mol. The van der Waals surface area contributed by atoms with Crippen LogP contribution >= 0.6 is 11.8 Å². The van der Waals surface area contributed by atoms with E-state index in [1.807, 2.05) is 55.5 Å². The monoisotopic (exact) mass is 412 g/mol. The summed E-state index contributed by atoms with van der Waals surface area (Å²) in [5, 5.41) is 9.50. The van der Waals surface area contributed by atoms with Gasteiger partial charge in [0.2, 0.25) is 5.91 Å². The van der Waals surface area contributed by atoms with Crippen LogP contribution in [0, 0.1) is 0 Å². The zero-order chi connectivity index (χ0) is 20.6. The molecule has 0 saturated heterocycles. The van der Waals surface area contributed by atoms with E-state index in [1.54, 1.807) is 17.6 Å². The lowest BCUT2D eigenvalue weighted by molar-refractivity contribution is -0.115. The van der Waals surface area contributed by atoms with Gasteiger partial charge in [-0.3, -0.25) is 9.36 Å². The van der Waals surface area contributed by atoms with Crippen LogP contribution in [0.2, 0.25) is 0 Å². The van der Waals surface area contributed by atoms with E-state index >= 15 is 0 Å². The number of aromatic amines is 1. The second-order valence-corrected chi connectivity index (χ2v) is 7.69. The first kappa shape index (κ1) is 20.7. The molecule has 2 N–H and O–H groups in total. The molecule has 1 aromatic heterocycles. The molecule has 3 rings (SSSR count). The maximum atomic E-state index is 12.7. The number of ether oxygens (including phenoxy) is 1. The maximum absolute atomic E-state index is 12.7. The summed E-state index contributed by atoms with van der Waals surface area (Å²) in [6, 6.07) is 17.2. The Morgan fingerprint density at radius 2 is 1.93 bits per heavy atom. The van der Waals surface area contributed by atoms with Crippen molar-refractivity contribution in [1.82, 2.24) is 14.8 Å². The number of para-hydroxylation sites is 2. The normalized spacial score (nSPS) is 11.8. The molecule has 0 aliphatic carbocycles. The highest BCUT2D eigenvalue weighted by Gasteiger charge is 2.20. The zero-order valence-electron chi connectivity index (χ0n) is 16.4. The van der Waals surface area contributed by atoms with Crippen molar-refractivity contribution in [2.24, 2.45) is 0 Å². The van der Waals surface area contributed by atoms with E-state index in [-0.39, 0.29) is 11.6 Å². The van der Waals surface area contributed by atoms with E-state index < -0.39 is 5.25 Å². The lowest BCUT2D eigenvalue weighted by atomic mass is 10.1. The maximum Gasteiger partial charge on any atom is 0.343 e. The molecule has 2 aromatic carbocycles. The molecule has 0 bridgehead atoms. The molecule has 3 aromatic rings. The Morgan fingerprint density at radius 1 is 1.21 bits per heavy atom. The number of H-pyrrole nitrogens is 1. The third-order valence-corrected chi connectivity index (χ3v) is 5.38. The third kappa shape index (κ3) is 5.51. The molecule has 152 valence electrons. The number of thioether (sulfide) groups is 1. The summed E-state index contributed by atoms with van der Waals surface area (Å²) >= 11 is 1.24. The molecule has 8 heteroatoms. The molecule has 1 amide bonds. The van der Waals surface area contributed by atoms with Gasteiger partial charge in [0.05, 0.1) is 17.5 Å². The van der Waals surface area contributed by atoms with E-state index in [4.69, 9.17) is 4.74 Å². The second-order valence-electron chi connectivity index (χ2n) is 6.38. The Kier molecular flexibility index (Phi) is 7.13. The van der Waals surface area contributed by atoms with Crippen LogP contribution in [0.1, 0.15) is 19.4 Å². The van der Waals surface area contributed by atoms with Gasteiger partial charge in [-0.25, -0.2) is 9.89 Å². The molecule has 0 fully saturated rings. The molecule has 1 atom stereocenters. The van der Waals surface area contributed by atoms with Gasteiger partial charge in [0, 0.05) is 6.54 Å². The van der Waals surface area contributed by atoms with Crippen LogP contribution < -0.4 is 15.7 Å². The van der Waals surface area contributed by atoms with Gasteiger partial charge in [0.1, 0.15) is 5.75 Å². The fourth-order valence-electron chi connectivity index (χ4n) is 2.77.